The molecule has 0 fully saturated rings. The van der Waals surface area contributed by atoms with Crippen LogP contribution in [0.4, 0.5) is 17.3 Å². The van der Waals surface area contributed by atoms with Crippen molar-refractivity contribution in [1.29, 1.82) is 0 Å². The molecule has 1 aliphatic rings. The fourth-order valence-corrected chi connectivity index (χ4v) is 3.07. The van der Waals surface area contributed by atoms with Crippen molar-refractivity contribution >= 4 is 17.3 Å². The molecule has 0 saturated heterocycles. The lowest BCUT2D eigenvalue weighted by atomic mass is 9.99. The number of aryl methyl sites for hydroxylation is 2. The number of benzene rings is 1. The van der Waals surface area contributed by atoms with Crippen molar-refractivity contribution < 1.29 is 0 Å². The Balaban J connectivity index is 2.00. The molecule has 0 spiro atoms. The molecule has 3 heteroatoms. The first-order valence-corrected chi connectivity index (χ1v) is 7.49. The molecule has 0 unspecified atom stereocenters. The SMILES string of the molecule is Cc1cnc2c(c1)Cc1cccnc1N2c1ccccc1C. The highest BCUT2D eigenvalue weighted by Crippen LogP contribution is 2.42. The topological polar surface area (TPSA) is 29.0 Å². The molecule has 3 heterocycles. The number of para-hydroxylation sites is 1. The molecule has 0 saturated carbocycles. The Hall–Kier alpha value is -2.68. The maximum absolute atomic E-state index is 4.70. The van der Waals surface area contributed by atoms with E-state index in [1.165, 1.54) is 22.3 Å². The Labute approximate surface area is 130 Å². The van der Waals surface area contributed by atoms with Gasteiger partial charge in [-0.3, -0.25) is 4.90 Å². The third-order valence-electron chi connectivity index (χ3n) is 4.11. The summed E-state index contributed by atoms with van der Waals surface area (Å²) in [5, 5.41) is 0. The largest absolute Gasteiger partial charge is 0.278 e. The first-order chi connectivity index (χ1) is 10.7. The summed E-state index contributed by atoms with van der Waals surface area (Å²) in [5.74, 6) is 1.98. The van der Waals surface area contributed by atoms with E-state index >= 15 is 0 Å². The molecule has 0 N–H and O–H groups in total. The molecule has 4 rings (SSSR count). The molecule has 108 valence electrons. The molecular weight excluding hydrogens is 270 g/mol. The maximum atomic E-state index is 4.70. The molecule has 22 heavy (non-hydrogen) atoms. The van der Waals surface area contributed by atoms with Crippen LogP contribution < -0.4 is 4.90 Å². The normalized spacial score (nSPS) is 12.7. The van der Waals surface area contributed by atoms with E-state index in [1.54, 1.807) is 0 Å². The summed E-state index contributed by atoms with van der Waals surface area (Å²) in [6.07, 6.45) is 4.66. The minimum Gasteiger partial charge on any atom is -0.278 e. The Morgan fingerprint density at radius 1 is 0.909 bits per heavy atom. The van der Waals surface area contributed by atoms with Crippen LogP contribution in [-0.4, -0.2) is 9.97 Å². The van der Waals surface area contributed by atoms with E-state index in [0.717, 1.165) is 23.7 Å². The van der Waals surface area contributed by atoms with Crippen molar-refractivity contribution in [3.63, 3.8) is 0 Å². The molecule has 3 aromatic rings. The lowest BCUT2D eigenvalue weighted by Crippen LogP contribution is -2.21. The van der Waals surface area contributed by atoms with Crippen LogP contribution in [0.1, 0.15) is 22.3 Å². The van der Waals surface area contributed by atoms with E-state index in [4.69, 9.17) is 4.98 Å². The summed E-state index contributed by atoms with van der Waals surface area (Å²) in [7, 11) is 0. The van der Waals surface area contributed by atoms with Gasteiger partial charge in [-0.1, -0.05) is 30.3 Å². The number of aromatic nitrogens is 2. The third-order valence-corrected chi connectivity index (χ3v) is 4.11. The predicted octanol–water partition coefficient (Wildman–Crippen LogP) is 4.47. The van der Waals surface area contributed by atoms with Crippen molar-refractivity contribution in [3.8, 4) is 0 Å². The number of nitrogens with zero attached hydrogens (tertiary/aromatic N) is 3. The van der Waals surface area contributed by atoms with Crippen molar-refractivity contribution in [2.24, 2.45) is 0 Å². The first kappa shape index (κ1) is 13.0. The molecule has 0 amide bonds. The second-order valence-electron chi connectivity index (χ2n) is 5.78. The van der Waals surface area contributed by atoms with Crippen LogP contribution in [-0.2, 0) is 6.42 Å². The zero-order valence-corrected chi connectivity index (χ0v) is 12.7. The Morgan fingerprint density at radius 2 is 1.73 bits per heavy atom. The lowest BCUT2D eigenvalue weighted by molar-refractivity contribution is 0.990. The van der Waals surface area contributed by atoms with E-state index < -0.39 is 0 Å². The van der Waals surface area contributed by atoms with E-state index in [9.17, 15) is 0 Å². The van der Waals surface area contributed by atoms with E-state index in [2.05, 4.69) is 60.1 Å². The van der Waals surface area contributed by atoms with Gasteiger partial charge in [-0.25, -0.2) is 9.97 Å². The average Bonchev–Trinajstić information content (AvgIpc) is 2.53. The summed E-state index contributed by atoms with van der Waals surface area (Å²) in [5.41, 5.74) is 6.04. The number of anilines is 3. The minimum atomic E-state index is 0.884. The zero-order chi connectivity index (χ0) is 15.1. The molecule has 0 radical (unpaired) electrons. The van der Waals surface area contributed by atoms with Crippen molar-refractivity contribution in [1.82, 2.24) is 9.97 Å². The van der Waals surface area contributed by atoms with Crippen LogP contribution in [0.15, 0.2) is 54.9 Å². The summed E-state index contributed by atoms with van der Waals surface area (Å²) < 4.78 is 0. The summed E-state index contributed by atoms with van der Waals surface area (Å²) in [4.78, 5) is 11.5. The molecule has 2 aromatic heterocycles. The standard InChI is InChI=1S/C19H17N3/c1-13-10-16-11-15-7-5-9-20-18(15)22(19(16)21-12-13)17-8-4-3-6-14(17)2/h3-10,12H,11H2,1-2H3. The van der Waals surface area contributed by atoms with E-state index in [-0.39, 0.29) is 0 Å². The van der Waals surface area contributed by atoms with Gasteiger partial charge in [-0.05, 0) is 42.7 Å². The van der Waals surface area contributed by atoms with Crippen LogP contribution in [0.5, 0.6) is 0 Å². The quantitative estimate of drug-likeness (QED) is 0.517. The molecule has 3 nitrogen and oxygen atoms in total. The van der Waals surface area contributed by atoms with Crippen molar-refractivity contribution in [2.75, 3.05) is 4.90 Å². The lowest BCUT2D eigenvalue weighted by Gasteiger charge is -2.32. The van der Waals surface area contributed by atoms with Crippen LogP contribution in [0.25, 0.3) is 0 Å². The highest BCUT2D eigenvalue weighted by atomic mass is 15.2. The Bertz CT molecular complexity index is 844. The van der Waals surface area contributed by atoms with Gasteiger partial charge < -0.3 is 0 Å². The van der Waals surface area contributed by atoms with Crippen molar-refractivity contribution in [2.45, 2.75) is 20.3 Å². The van der Waals surface area contributed by atoms with Crippen LogP contribution in [0.3, 0.4) is 0 Å². The average molecular weight is 287 g/mol. The van der Waals surface area contributed by atoms with Gasteiger partial charge >= 0.3 is 0 Å². The number of hydrogen-bond donors (Lipinski definition) is 0. The number of rotatable bonds is 1. The Morgan fingerprint density at radius 3 is 2.59 bits per heavy atom. The first-order valence-electron chi connectivity index (χ1n) is 7.49. The van der Waals surface area contributed by atoms with Gasteiger partial charge in [0.1, 0.15) is 11.6 Å². The molecule has 1 aromatic carbocycles. The monoisotopic (exact) mass is 287 g/mol. The highest BCUT2D eigenvalue weighted by molar-refractivity contribution is 5.80. The summed E-state index contributed by atoms with van der Waals surface area (Å²) in [6, 6.07) is 14.8. The Kier molecular flexibility index (Phi) is 2.93. The number of hydrogen-bond acceptors (Lipinski definition) is 3. The number of pyridine rings is 2. The van der Waals surface area contributed by atoms with Crippen LogP contribution in [0, 0.1) is 13.8 Å². The predicted molar refractivity (Wildman–Crippen MR) is 89.0 cm³/mol. The smallest absolute Gasteiger partial charge is 0.142 e. The summed E-state index contributed by atoms with van der Waals surface area (Å²) >= 11 is 0. The molecule has 1 aliphatic heterocycles. The number of fused-ring (bicyclic) bond motifs is 2. The molecule has 0 aliphatic carbocycles. The second kappa shape index (κ2) is 4.95. The van der Waals surface area contributed by atoms with Gasteiger partial charge in [0.2, 0.25) is 0 Å². The van der Waals surface area contributed by atoms with Gasteiger partial charge in [0.25, 0.3) is 0 Å². The van der Waals surface area contributed by atoms with Gasteiger partial charge in [-0.15, -0.1) is 0 Å². The fourth-order valence-electron chi connectivity index (χ4n) is 3.07. The fraction of sp³-hybridized carbons (Fsp3) is 0.158. The van der Waals surface area contributed by atoms with Gasteiger partial charge in [0, 0.05) is 24.4 Å². The van der Waals surface area contributed by atoms with E-state index in [1.807, 2.05) is 18.5 Å². The van der Waals surface area contributed by atoms with Gasteiger partial charge in [0.05, 0.1) is 5.69 Å². The highest BCUT2D eigenvalue weighted by Gasteiger charge is 2.26. The molecule has 0 bridgehead atoms. The van der Waals surface area contributed by atoms with Gasteiger partial charge in [-0.2, -0.15) is 0 Å². The van der Waals surface area contributed by atoms with Gasteiger partial charge in [0.15, 0.2) is 0 Å². The summed E-state index contributed by atoms with van der Waals surface area (Å²) in [6.45, 7) is 4.21. The van der Waals surface area contributed by atoms with Crippen molar-refractivity contribution in [3.05, 3.63) is 77.1 Å². The van der Waals surface area contributed by atoms with Crippen LogP contribution in [0.2, 0.25) is 0 Å². The zero-order valence-electron chi connectivity index (χ0n) is 12.7. The molecular formula is C19H17N3. The maximum Gasteiger partial charge on any atom is 0.142 e. The minimum absolute atomic E-state index is 0.884. The second-order valence-corrected chi connectivity index (χ2v) is 5.78. The van der Waals surface area contributed by atoms with Crippen LogP contribution >= 0.6 is 0 Å². The van der Waals surface area contributed by atoms with E-state index in [0.29, 0.717) is 0 Å². The molecule has 0 atom stereocenters. The third kappa shape index (κ3) is 1.98.